The summed E-state index contributed by atoms with van der Waals surface area (Å²) in [7, 11) is 0. The molecule has 6 N–H and O–H groups in total. The van der Waals surface area contributed by atoms with Crippen LogP contribution < -0.4 is 5.32 Å². The van der Waals surface area contributed by atoms with Crippen molar-refractivity contribution >= 4 is 5.91 Å². The Hall–Kier alpha value is -1.07. The molecule has 0 saturated carbocycles. The number of rotatable bonds is 43. The highest BCUT2D eigenvalue weighted by Crippen LogP contribution is 2.23. The smallest absolute Gasteiger partial charge is 0.220 e. The van der Waals surface area contributed by atoms with Crippen LogP contribution in [0.1, 0.15) is 245 Å². The van der Waals surface area contributed by atoms with E-state index in [1.807, 2.05) is 6.08 Å². The van der Waals surface area contributed by atoms with Gasteiger partial charge in [-0.15, -0.1) is 0 Å². The number of nitrogens with one attached hydrogen (secondary N) is 1. The molecule has 0 aliphatic carbocycles. The largest absolute Gasteiger partial charge is 0.394 e. The van der Waals surface area contributed by atoms with Gasteiger partial charge in [-0.05, 0) is 19.3 Å². The molecule has 59 heavy (non-hydrogen) atoms. The first-order valence-corrected chi connectivity index (χ1v) is 25.4. The standard InChI is InChI=1S/C50H97NO8/c1-3-5-7-9-11-13-15-17-18-19-20-21-22-23-24-25-26-28-30-32-34-36-38-40-46(54)51-43(42-58-50-49(57)48(56)47(55)45(41-52)59-50)44(53)39-37-35-33-31-29-27-16-14-12-10-8-6-4-2/h37,39,43-45,47-50,52-53,55-57H,3-36,38,40-42H2,1-2H3,(H,51,54)/b39-37+/t43?,44?,45-,47-,48+,49+,50+/m1/s1. The molecule has 1 aliphatic rings. The van der Waals surface area contributed by atoms with E-state index in [1.165, 1.54) is 186 Å². The molecule has 9 nitrogen and oxygen atoms in total. The molecule has 0 bridgehead atoms. The zero-order chi connectivity index (χ0) is 43.0. The first-order valence-electron chi connectivity index (χ1n) is 25.4. The van der Waals surface area contributed by atoms with Crippen molar-refractivity contribution in [1.82, 2.24) is 5.32 Å². The lowest BCUT2D eigenvalue weighted by Gasteiger charge is -2.40. The van der Waals surface area contributed by atoms with Crippen LogP contribution in [-0.4, -0.2) is 87.5 Å². The number of aliphatic hydroxyl groups is 5. The van der Waals surface area contributed by atoms with E-state index in [0.29, 0.717) is 6.42 Å². The summed E-state index contributed by atoms with van der Waals surface area (Å²) in [4.78, 5) is 13.0. The van der Waals surface area contributed by atoms with E-state index in [4.69, 9.17) is 9.47 Å². The molecule has 7 atom stereocenters. The van der Waals surface area contributed by atoms with Crippen LogP contribution >= 0.6 is 0 Å². The Balaban J connectivity index is 2.24. The molecule has 0 aromatic heterocycles. The molecule has 350 valence electrons. The summed E-state index contributed by atoms with van der Waals surface area (Å²) in [5.41, 5.74) is 0. The highest BCUT2D eigenvalue weighted by molar-refractivity contribution is 5.76. The van der Waals surface area contributed by atoms with Crippen LogP contribution in [0.25, 0.3) is 0 Å². The fourth-order valence-electron chi connectivity index (χ4n) is 8.28. The number of hydrogen-bond donors (Lipinski definition) is 6. The molecule has 1 saturated heterocycles. The Labute approximate surface area is 363 Å². The summed E-state index contributed by atoms with van der Waals surface area (Å²) in [6, 6.07) is -0.798. The van der Waals surface area contributed by atoms with Gasteiger partial charge in [-0.25, -0.2) is 0 Å². The molecule has 1 fully saturated rings. The highest BCUT2D eigenvalue weighted by Gasteiger charge is 2.44. The molecule has 0 radical (unpaired) electrons. The molecule has 1 aliphatic heterocycles. The van der Waals surface area contributed by atoms with Crippen LogP contribution in [0.15, 0.2) is 12.2 Å². The van der Waals surface area contributed by atoms with Gasteiger partial charge in [0.05, 0.1) is 25.4 Å². The minimum absolute atomic E-state index is 0.172. The first-order chi connectivity index (χ1) is 28.8. The van der Waals surface area contributed by atoms with Crippen molar-refractivity contribution in [3.8, 4) is 0 Å². The van der Waals surface area contributed by atoms with Gasteiger partial charge < -0.3 is 40.3 Å². The number of allylic oxidation sites excluding steroid dienone is 1. The van der Waals surface area contributed by atoms with E-state index in [2.05, 4.69) is 19.2 Å². The van der Waals surface area contributed by atoms with Crippen LogP contribution in [0.4, 0.5) is 0 Å². The SMILES string of the molecule is CCCCCCCCCCCCC/C=C/C(O)C(CO[C@H]1O[C@H](CO)[C@@H](O)[C@H](O)[C@@H]1O)NC(=O)CCCCCCCCCCCCCCCCCCCCCCCCC. The third-order valence-corrected chi connectivity index (χ3v) is 12.4. The number of amides is 1. The number of carbonyl (C=O) groups is 1. The van der Waals surface area contributed by atoms with Crippen molar-refractivity contribution in [2.45, 2.75) is 288 Å². The summed E-state index contributed by atoms with van der Waals surface area (Å²) in [5, 5.41) is 54.3. The van der Waals surface area contributed by atoms with Gasteiger partial charge in [0.2, 0.25) is 5.91 Å². The van der Waals surface area contributed by atoms with Crippen LogP contribution in [0.5, 0.6) is 0 Å². The van der Waals surface area contributed by atoms with Crippen molar-refractivity contribution in [3.63, 3.8) is 0 Å². The minimum Gasteiger partial charge on any atom is -0.394 e. The molecule has 1 amide bonds. The normalized spacial score (nSPS) is 20.7. The third kappa shape index (κ3) is 31.4. The molecule has 1 heterocycles. The van der Waals surface area contributed by atoms with Gasteiger partial charge in [-0.1, -0.05) is 231 Å². The van der Waals surface area contributed by atoms with Gasteiger partial charge in [0.1, 0.15) is 24.4 Å². The van der Waals surface area contributed by atoms with Crippen LogP contribution in [0.2, 0.25) is 0 Å². The predicted molar refractivity (Wildman–Crippen MR) is 244 cm³/mol. The molecular formula is C50H97NO8. The number of hydrogen-bond acceptors (Lipinski definition) is 8. The van der Waals surface area contributed by atoms with Crippen molar-refractivity contribution in [3.05, 3.63) is 12.2 Å². The Morgan fingerprint density at radius 3 is 1.32 bits per heavy atom. The van der Waals surface area contributed by atoms with E-state index < -0.39 is 49.5 Å². The molecule has 0 aromatic rings. The van der Waals surface area contributed by atoms with Gasteiger partial charge >= 0.3 is 0 Å². The molecular weight excluding hydrogens is 743 g/mol. The van der Waals surface area contributed by atoms with Gasteiger partial charge in [-0.3, -0.25) is 4.79 Å². The summed E-state index contributed by atoms with van der Waals surface area (Å²) >= 11 is 0. The number of ether oxygens (including phenoxy) is 2. The van der Waals surface area contributed by atoms with Crippen molar-refractivity contribution in [2.75, 3.05) is 13.2 Å². The van der Waals surface area contributed by atoms with E-state index in [0.717, 1.165) is 38.5 Å². The molecule has 0 aromatic carbocycles. The van der Waals surface area contributed by atoms with Crippen LogP contribution in [0, 0.1) is 0 Å². The summed E-state index contributed by atoms with van der Waals surface area (Å²) in [5.74, 6) is -0.172. The predicted octanol–water partition coefficient (Wildman–Crippen LogP) is 11.3. The lowest BCUT2D eigenvalue weighted by atomic mass is 9.99. The number of aliphatic hydroxyl groups excluding tert-OH is 5. The van der Waals surface area contributed by atoms with Crippen LogP contribution in [0.3, 0.4) is 0 Å². The maximum Gasteiger partial charge on any atom is 0.220 e. The van der Waals surface area contributed by atoms with Gasteiger partial charge in [0, 0.05) is 6.42 Å². The second kappa shape index (κ2) is 41.0. The maximum atomic E-state index is 13.0. The monoisotopic (exact) mass is 840 g/mol. The number of carbonyl (C=O) groups excluding carboxylic acids is 1. The van der Waals surface area contributed by atoms with Gasteiger partial charge in [0.15, 0.2) is 6.29 Å². The fourth-order valence-corrected chi connectivity index (χ4v) is 8.28. The summed E-state index contributed by atoms with van der Waals surface area (Å²) < 4.78 is 11.2. The summed E-state index contributed by atoms with van der Waals surface area (Å²) in [6.45, 7) is 3.79. The molecule has 2 unspecified atom stereocenters. The van der Waals surface area contributed by atoms with Gasteiger partial charge in [0.25, 0.3) is 0 Å². The highest BCUT2D eigenvalue weighted by atomic mass is 16.7. The van der Waals surface area contributed by atoms with Gasteiger partial charge in [-0.2, -0.15) is 0 Å². The van der Waals surface area contributed by atoms with Crippen molar-refractivity contribution in [1.29, 1.82) is 0 Å². The quantitative estimate of drug-likeness (QED) is 0.0263. The average molecular weight is 840 g/mol. The zero-order valence-corrected chi connectivity index (χ0v) is 38.5. The molecule has 9 heteroatoms. The Morgan fingerprint density at radius 1 is 0.559 bits per heavy atom. The fraction of sp³-hybridized carbons (Fsp3) is 0.940. The Bertz CT molecular complexity index is 935. The van der Waals surface area contributed by atoms with E-state index >= 15 is 0 Å². The minimum atomic E-state index is -1.56. The van der Waals surface area contributed by atoms with E-state index in [1.54, 1.807) is 6.08 Å². The summed E-state index contributed by atoms with van der Waals surface area (Å²) in [6.07, 6.45) is 41.2. The first kappa shape index (κ1) is 55.9. The lowest BCUT2D eigenvalue weighted by molar-refractivity contribution is -0.302. The zero-order valence-electron chi connectivity index (χ0n) is 38.5. The topological polar surface area (TPSA) is 149 Å². The maximum absolute atomic E-state index is 13.0. The second-order valence-corrected chi connectivity index (χ2v) is 18.0. The second-order valence-electron chi connectivity index (χ2n) is 18.0. The van der Waals surface area contributed by atoms with E-state index in [-0.39, 0.29) is 12.5 Å². The third-order valence-electron chi connectivity index (χ3n) is 12.4. The van der Waals surface area contributed by atoms with E-state index in [9.17, 15) is 30.3 Å². The lowest BCUT2D eigenvalue weighted by Crippen LogP contribution is -2.60. The Morgan fingerprint density at radius 2 is 0.932 bits per heavy atom. The van der Waals surface area contributed by atoms with Crippen molar-refractivity contribution < 1.29 is 39.8 Å². The number of unbranched alkanes of at least 4 members (excludes halogenated alkanes) is 33. The average Bonchev–Trinajstić information content (AvgIpc) is 3.23. The molecule has 0 spiro atoms. The molecule has 1 rings (SSSR count). The van der Waals surface area contributed by atoms with Crippen molar-refractivity contribution in [2.24, 2.45) is 0 Å². The Kier molecular flexibility index (Phi) is 38.9. The van der Waals surface area contributed by atoms with Crippen LogP contribution in [-0.2, 0) is 14.3 Å².